The van der Waals surface area contributed by atoms with E-state index < -0.39 is 5.23 Å². The molecule has 1 amide bonds. The fraction of sp³-hybridized carbons (Fsp3) is 0.154. The van der Waals surface area contributed by atoms with E-state index in [4.69, 9.17) is 9.94 Å². The summed E-state index contributed by atoms with van der Waals surface area (Å²) in [4.78, 5) is 18.0. The van der Waals surface area contributed by atoms with Crippen LogP contribution in [0, 0.1) is 5.21 Å². The van der Waals surface area contributed by atoms with Crippen LogP contribution in [0.2, 0.25) is 0 Å². The van der Waals surface area contributed by atoms with Crippen LogP contribution in [0.4, 0.5) is 17.1 Å². The SMILES string of the molecule is COCCN/C(=C\[NH+]([O-])O)Nc1cccc(NC(=O)c2sccc2NCc2ccnc3ccccc23)c1. The van der Waals surface area contributed by atoms with Crippen LogP contribution < -0.4 is 26.5 Å². The number of thiophene rings is 1. The van der Waals surface area contributed by atoms with Crippen LogP contribution in [0.25, 0.3) is 10.9 Å². The van der Waals surface area contributed by atoms with Gasteiger partial charge in [-0.3, -0.25) is 9.78 Å². The van der Waals surface area contributed by atoms with E-state index in [2.05, 4.69) is 26.3 Å². The third kappa shape index (κ3) is 7.26. The first-order chi connectivity index (χ1) is 18.0. The van der Waals surface area contributed by atoms with Crippen LogP contribution in [0.1, 0.15) is 15.2 Å². The Morgan fingerprint density at radius 2 is 1.95 bits per heavy atom. The summed E-state index contributed by atoms with van der Waals surface area (Å²) >= 11 is 1.35. The Labute approximate surface area is 218 Å². The number of amides is 1. The van der Waals surface area contributed by atoms with Crippen molar-refractivity contribution in [3.63, 3.8) is 0 Å². The molecular weight excluding hydrogens is 492 g/mol. The molecule has 0 aliphatic rings. The standard InChI is InChI=1S/C26H28N6O4S/c1-36-13-12-28-24(17-32(34)35)30-19-5-4-6-20(15-19)31-26(33)25-23(10-14-37-25)29-16-18-9-11-27-22-8-3-2-7-21(18)22/h2-11,14-15,17,28-30,32,34H,12-13,16H2,1H3,(H,31,33)/b24-17+. The molecule has 0 radical (unpaired) electrons. The van der Waals surface area contributed by atoms with Crippen LogP contribution in [-0.4, -0.2) is 36.4 Å². The largest absolute Gasteiger partial charge is 0.595 e. The molecule has 4 rings (SSSR count). The maximum atomic E-state index is 13.1. The third-order valence-corrected chi connectivity index (χ3v) is 6.28. The van der Waals surface area contributed by atoms with E-state index in [-0.39, 0.29) is 5.91 Å². The average Bonchev–Trinajstić information content (AvgIpc) is 3.36. The molecule has 192 valence electrons. The summed E-state index contributed by atoms with van der Waals surface area (Å²) in [7, 11) is 1.57. The van der Waals surface area contributed by atoms with Crippen molar-refractivity contribution >= 4 is 45.2 Å². The van der Waals surface area contributed by atoms with E-state index >= 15 is 0 Å². The van der Waals surface area contributed by atoms with Gasteiger partial charge >= 0.3 is 0 Å². The first-order valence-corrected chi connectivity index (χ1v) is 12.4. The number of ether oxygens (including phenoxy) is 1. The maximum Gasteiger partial charge on any atom is 0.267 e. The number of para-hydroxylation sites is 1. The van der Waals surface area contributed by atoms with Gasteiger partial charge in [0.15, 0.2) is 12.0 Å². The van der Waals surface area contributed by atoms with E-state index in [9.17, 15) is 10.0 Å². The number of pyridine rings is 1. The molecule has 2 aromatic heterocycles. The predicted octanol–water partition coefficient (Wildman–Crippen LogP) is 3.38. The molecule has 4 aromatic rings. The number of carbonyl (C=O) groups is 1. The van der Waals surface area contributed by atoms with Crippen molar-refractivity contribution in [1.29, 1.82) is 0 Å². The van der Waals surface area contributed by atoms with Crippen molar-refractivity contribution in [1.82, 2.24) is 10.3 Å². The number of carbonyl (C=O) groups excluding carboxylic acids is 1. The number of nitrogens with one attached hydrogen (secondary N) is 5. The molecule has 1 atom stereocenters. The van der Waals surface area contributed by atoms with Crippen molar-refractivity contribution < 1.29 is 20.0 Å². The van der Waals surface area contributed by atoms with Gasteiger partial charge in [0.1, 0.15) is 4.88 Å². The van der Waals surface area contributed by atoms with Gasteiger partial charge in [0, 0.05) is 43.2 Å². The van der Waals surface area contributed by atoms with Gasteiger partial charge in [0.2, 0.25) is 0 Å². The van der Waals surface area contributed by atoms with E-state index in [1.807, 2.05) is 41.8 Å². The number of rotatable bonds is 12. The second-order valence-corrected chi connectivity index (χ2v) is 8.90. The number of hydrogen-bond acceptors (Lipinski definition) is 9. The van der Waals surface area contributed by atoms with Crippen molar-refractivity contribution in [2.45, 2.75) is 6.54 Å². The molecule has 2 aromatic carbocycles. The van der Waals surface area contributed by atoms with Crippen molar-refractivity contribution in [2.75, 3.05) is 36.2 Å². The van der Waals surface area contributed by atoms with E-state index in [0.29, 0.717) is 41.8 Å². The van der Waals surface area contributed by atoms with Gasteiger partial charge in [-0.1, -0.05) is 24.3 Å². The lowest BCUT2D eigenvalue weighted by Crippen LogP contribution is -2.99. The minimum Gasteiger partial charge on any atom is -0.595 e. The highest BCUT2D eigenvalue weighted by atomic mass is 32.1. The third-order valence-electron chi connectivity index (χ3n) is 5.37. The summed E-state index contributed by atoms with van der Waals surface area (Å²) in [6.07, 6.45) is 2.82. The molecule has 1 unspecified atom stereocenters. The Morgan fingerprint density at radius 3 is 2.76 bits per heavy atom. The molecule has 0 aliphatic carbocycles. The Bertz CT molecular complexity index is 1370. The topological polar surface area (TPSA) is 135 Å². The zero-order valence-corrected chi connectivity index (χ0v) is 21.0. The summed E-state index contributed by atoms with van der Waals surface area (Å²) in [5, 5.41) is 34.5. The quantitative estimate of drug-likeness (QED) is 0.124. The van der Waals surface area contributed by atoms with Crippen LogP contribution in [0.3, 0.4) is 0 Å². The van der Waals surface area contributed by atoms with Crippen LogP contribution in [0.15, 0.2) is 84.3 Å². The highest BCUT2D eigenvalue weighted by molar-refractivity contribution is 7.12. The predicted molar refractivity (Wildman–Crippen MR) is 145 cm³/mol. The van der Waals surface area contributed by atoms with Gasteiger partial charge < -0.3 is 31.2 Å². The maximum absolute atomic E-state index is 13.1. The molecule has 37 heavy (non-hydrogen) atoms. The Hall–Kier alpha value is -4.00. The number of hydroxylamine groups is 2. The molecule has 0 spiro atoms. The minimum atomic E-state index is -1.09. The minimum absolute atomic E-state index is 0.242. The van der Waals surface area contributed by atoms with E-state index in [1.165, 1.54) is 11.3 Å². The first kappa shape index (κ1) is 26.1. The van der Waals surface area contributed by atoms with Crippen LogP contribution in [-0.2, 0) is 11.3 Å². The van der Waals surface area contributed by atoms with Crippen molar-refractivity contribution in [2.24, 2.45) is 0 Å². The fourth-order valence-corrected chi connectivity index (χ4v) is 4.45. The lowest BCUT2D eigenvalue weighted by Gasteiger charge is -2.16. The van der Waals surface area contributed by atoms with E-state index in [0.717, 1.165) is 28.4 Å². The number of anilines is 3. The number of benzene rings is 2. The van der Waals surface area contributed by atoms with Gasteiger partial charge in [0.05, 0.1) is 17.8 Å². The highest BCUT2D eigenvalue weighted by Crippen LogP contribution is 2.26. The first-order valence-electron chi connectivity index (χ1n) is 11.5. The summed E-state index contributed by atoms with van der Waals surface area (Å²) in [5.74, 6) is 0.0650. The second kappa shape index (κ2) is 12.8. The van der Waals surface area contributed by atoms with Gasteiger partial charge in [-0.05, 0) is 47.3 Å². The number of nitrogens with zero attached hydrogens (tertiary/aromatic N) is 1. The molecule has 0 fully saturated rings. The van der Waals surface area contributed by atoms with Gasteiger partial charge in [-0.2, -0.15) is 5.23 Å². The van der Waals surface area contributed by atoms with E-state index in [1.54, 1.807) is 37.6 Å². The molecule has 0 bridgehead atoms. The normalized spacial score (nSPS) is 12.2. The van der Waals surface area contributed by atoms with Gasteiger partial charge in [0.25, 0.3) is 5.91 Å². The van der Waals surface area contributed by atoms with Gasteiger partial charge in [-0.15, -0.1) is 11.3 Å². The summed E-state index contributed by atoms with van der Waals surface area (Å²) in [5.41, 5.74) is 3.94. The zero-order chi connectivity index (χ0) is 26.0. The average molecular weight is 521 g/mol. The zero-order valence-electron chi connectivity index (χ0n) is 20.2. The molecule has 6 N–H and O–H groups in total. The highest BCUT2D eigenvalue weighted by Gasteiger charge is 2.14. The molecule has 0 saturated heterocycles. The van der Waals surface area contributed by atoms with Gasteiger partial charge in [-0.25, -0.2) is 5.21 Å². The Balaban J connectivity index is 1.42. The van der Waals surface area contributed by atoms with Crippen molar-refractivity contribution in [3.05, 3.63) is 99.9 Å². The second-order valence-electron chi connectivity index (χ2n) is 7.98. The summed E-state index contributed by atoms with van der Waals surface area (Å²) in [6, 6.07) is 18.9. The Kier molecular flexibility index (Phi) is 9.03. The Morgan fingerprint density at radius 1 is 1.14 bits per heavy atom. The lowest BCUT2D eigenvalue weighted by molar-refractivity contribution is -1.00. The smallest absolute Gasteiger partial charge is 0.267 e. The monoisotopic (exact) mass is 520 g/mol. The lowest BCUT2D eigenvalue weighted by atomic mass is 10.1. The van der Waals surface area contributed by atoms with Crippen molar-refractivity contribution in [3.8, 4) is 0 Å². The number of hydrogen-bond donors (Lipinski definition) is 6. The molecule has 11 heteroatoms. The molecule has 0 aliphatic heterocycles. The molecule has 0 saturated carbocycles. The van der Waals surface area contributed by atoms with Crippen LogP contribution in [0.5, 0.6) is 0 Å². The number of quaternary nitrogens is 1. The van der Waals surface area contributed by atoms with Crippen LogP contribution >= 0.6 is 11.3 Å². The number of methoxy groups -OCH3 is 1. The number of aromatic nitrogens is 1. The fourth-order valence-electron chi connectivity index (χ4n) is 3.68. The summed E-state index contributed by atoms with van der Waals surface area (Å²) < 4.78 is 5.00. The molecule has 10 nitrogen and oxygen atoms in total. The molecular formula is C26H28N6O4S. The number of fused-ring (bicyclic) bond motifs is 1. The summed E-state index contributed by atoms with van der Waals surface area (Å²) in [6.45, 7) is 1.40. The molecule has 2 heterocycles.